The van der Waals surface area contributed by atoms with Crippen LogP contribution in [-0.2, 0) is 22.5 Å². The Bertz CT molecular complexity index is 455. The van der Waals surface area contributed by atoms with Gasteiger partial charge in [-0.25, -0.2) is 4.79 Å². The van der Waals surface area contributed by atoms with Gasteiger partial charge in [-0.2, -0.15) is 0 Å². The first-order valence-corrected chi connectivity index (χ1v) is 6.22. The first-order valence-electron chi connectivity index (χ1n) is 6.22. The summed E-state index contributed by atoms with van der Waals surface area (Å²) in [5.74, 6) is -0.208. The molecule has 0 fully saturated rings. The van der Waals surface area contributed by atoms with E-state index >= 15 is 0 Å². The Kier molecular flexibility index (Phi) is 3.36. The number of carbonyl (C=O) groups excluding carboxylic acids is 1. The summed E-state index contributed by atoms with van der Waals surface area (Å²) in [5.41, 5.74) is 3.01. The van der Waals surface area contributed by atoms with Crippen LogP contribution in [0.1, 0.15) is 38.4 Å². The molecule has 0 unspecified atom stereocenters. The van der Waals surface area contributed by atoms with Crippen molar-refractivity contribution in [2.45, 2.75) is 46.3 Å². The molecule has 2 rings (SSSR count). The second kappa shape index (κ2) is 4.78. The van der Waals surface area contributed by atoms with Crippen molar-refractivity contribution in [3.63, 3.8) is 0 Å². The van der Waals surface area contributed by atoms with Gasteiger partial charge in [-0.15, -0.1) is 0 Å². The van der Waals surface area contributed by atoms with Crippen LogP contribution in [0, 0.1) is 0 Å². The predicted molar refractivity (Wildman–Crippen MR) is 67.6 cm³/mol. The molecule has 0 saturated carbocycles. The van der Waals surface area contributed by atoms with Crippen molar-refractivity contribution in [3.8, 4) is 0 Å². The molecule has 0 aliphatic carbocycles. The Labute approximate surface area is 102 Å². The summed E-state index contributed by atoms with van der Waals surface area (Å²) in [6, 6.07) is 2.10. The van der Waals surface area contributed by atoms with Crippen LogP contribution in [0.25, 0.3) is 5.57 Å². The van der Waals surface area contributed by atoms with E-state index in [2.05, 4.69) is 23.8 Å². The highest BCUT2D eigenvalue weighted by molar-refractivity contribution is 6.16. The second-order valence-corrected chi connectivity index (χ2v) is 4.71. The van der Waals surface area contributed by atoms with Crippen LogP contribution >= 0.6 is 0 Å². The van der Waals surface area contributed by atoms with Gasteiger partial charge < -0.3 is 9.30 Å². The van der Waals surface area contributed by atoms with Gasteiger partial charge in [0.2, 0.25) is 0 Å². The van der Waals surface area contributed by atoms with Crippen LogP contribution in [-0.4, -0.2) is 16.6 Å². The van der Waals surface area contributed by atoms with E-state index in [1.807, 2.05) is 19.9 Å². The van der Waals surface area contributed by atoms with Crippen molar-refractivity contribution in [1.82, 2.24) is 4.57 Å². The summed E-state index contributed by atoms with van der Waals surface area (Å²) >= 11 is 0. The van der Waals surface area contributed by atoms with Crippen LogP contribution in [0.4, 0.5) is 0 Å². The van der Waals surface area contributed by atoms with E-state index in [1.165, 1.54) is 5.56 Å². The highest BCUT2D eigenvalue weighted by Crippen LogP contribution is 2.26. The molecule has 0 N–H and O–H groups in total. The van der Waals surface area contributed by atoms with Gasteiger partial charge in [0.25, 0.3) is 0 Å². The summed E-state index contributed by atoms with van der Waals surface area (Å²) in [5, 5.41) is 0. The maximum atomic E-state index is 11.9. The maximum absolute atomic E-state index is 11.9. The highest BCUT2D eigenvalue weighted by Gasteiger charge is 2.22. The van der Waals surface area contributed by atoms with Crippen LogP contribution in [0.15, 0.2) is 18.3 Å². The van der Waals surface area contributed by atoms with Crippen molar-refractivity contribution >= 4 is 11.5 Å². The van der Waals surface area contributed by atoms with Crippen LogP contribution in [0.3, 0.4) is 0 Å². The lowest BCUT2D eigenvalue weighted by molar-refractivity contribution is -0.140. The fourth-order valence-electron chi connectivity index (χ4n) is 2.13. The van der Waals surface area contributed by atoms with E-state index in [1.54, 1.807) is 0 Å². The number of carbonyl (C=O) groups is 1. The first-order chi connectivity index (χ1) is 8.11. The number of hydrogen-bond donors (Lipinski definition) is 0. The molecule has 0 amide bonds. The van der Waals surface area contributed by atoms with E-state index < -0.39 is 0 Å². The fraction of sp³-hybridized carbons (Fsp3) is 0.500. The summed E-state index contributed by atoms with van der Waals surface area (Å²) < 4.78 is 7.35. The van der Waals surface area contributed by atoms with Crippen molar-refractivity contribution in [3.05, 3.63) is 29.6 Å². The molecule has 3 heteroatoms. The van der Waals surface area contributed by atoms with Crippen molar-refractivity contribution in [2.24, 2.45) is 0 Å². The molecule has 0 radical (unpaired) electrons. The van der Waals surface area contributed by atoms with Gasteiger partial charge in [0.05, 0.1) is 17.4 Å². The molecule has 17 heavy (non-hydrogen) atoms. The normalized spacial score (nSPS) is 13.8. The molecular formula is C14H19NO2. The van der Waals surface area contributed by atoms with E-state index in [0.29, 0.717) is 5.57 Å². The number of ether oxygens (including phenoxy) is 1. The average Bonchev–Trinajstić information content (AvgIpc) is 2.75. The molecule has 2 heterocycles. The smallest absolute Gasteiger partial charge is 0.340 e. The quantitative estimate of drug-likeness (QED) is 0.749. The van der Waals surface area contributed by atoms with E-state index in [4.69, 9.17) is 4.74 Å². The lowest BCUT2D eigenvalue weighted by Crippen LogP contribution is -2.12. The molecule has 1 aliphatic heterocycles. The minimum Gasteiger partial charge on any atom is -0.459 e. The molecule has 0 atom stereocenters. The Morgan fingerprint density at radius 1 is 1.53 bits per heavy atom. The monoisotopic (exact) mass is 233 g/mol. The summed E-state index contributed by atoms with van der Waals surface area (Å²) in [6.07, 6.45) is 6.19. The Balaban J connectivity index is 2.17. The van der Waals surface area contributed by atoms with E-state index in [9.17, 15) is 4.79 Å². The topological polar surface area (TPSA) is 31.2 Å². The molecule has 1 aliphatic rings. The molecule has 3 nitrogen and oxygen atoms in total. The maximum Gasteiger partial charge on any atom is 0.340 e. The second-order valence-electron chi connectivity index (χ2n) is 4.71. The molecule has 0 saturated heterocycles. The zero-order chi connectivity index (χ0) is 12.4. The van der Waals surface area contributed by atoms with Gasteiger partial charge in [-0.05, 0) is 38.0 Å². The molecular weight excluding hydrogens is 214 g/mol. The number of aryl methyl sites for hydroxylation is 1. The molecule has 0 bridgehead atoms. The summed E-state index contributed by atoms with van der Waals surface area (Å²) in [7, 11) is 0. The SMILES string of the molecule is CCCc1cc2n(c1)CC=C2C(=O)OC(C)C. The van der Waals surface area contributed by atoms with Crippen molar-refractivity contribution in [2.75, 3.05) is 0 Å². The number of aromatic nitrogens is 1. The third-order valence-corrected chi connectivity index (χ3v) is 2.82. The molecule has 0 spiro atoms. The van der Waals surface area contributed by atoms with Gasteiger partial charge in [-0.1, -0.05) is 13.3 Å². The first kappa shape index (κ1) is 12.0. The number of esters is 1. The van der Waals surface area contributed by atoms with Crippen LogP contribution < -0.4 is 0 Å². The van der Waals surface area contributed by atoms with Gasteiger partial charge in [0, 0.05) is 12.7 Å². The van der Waals surface area contributed by atoms with Gasteiger partial charge in [-0.3, -0.25) is 0 Å². The zero-order valence-electron chi connectivity index (χ0n) is 10.7. The molecule has 1 aromatic heterocycles. The third-order valence-electron chi connectivity index (χ3n) is 2.82. The van der Waals surface area contributed by atoms with Gasteiger partial charge in [0.15, 0.2) is 0 Å². The number of fused-ring (bicyclic) bond motifs is 1. The summed E-state index contributed by atoms with van der Waals surface area (Å²) in [6.45, 7) is 6.68. The van der Waals surface area contributed by atoms with Crippen molar-refractivity contribution < 1.29 is 9.53 Å². The highest BCUT2D eigenvalue weighted by atomic mass is 16.5. The minimum atomic E-state index is -0.208. The lowest BCUT2D eigenvalue weighted by atomic mass is 10.1. The fourth-order valence-corrected chi connectivity index (χ4v) is 2.13. The van der Waals surface area contributed by atoms with Gasteiger partial charge in [0.1, 0.15) is 0 Å². The van der Waals surface area contributed by atoms with Crippen LogP contribution in [0.5, 0.6) is 0 Å². The number of allylic oxidation sites excluding steroid dienone is 1. The largest absolute Gasteiger partial charge is 0.459 e. The van der Waals surface area contributed by atoms with E-state index in [-0.39, 0.29) is 12.1 Å². The number of nitrogens with zero attached hydrogens (tertiary/aromatic N) is 1. The molecule has 1 aromatic rings. The van der Waals surface area contributed by atoms with Gasteiger partial charge >= 0.3 is 5.97 Å². The predicted octanol–water partition coefficient (Wildman–Crippen LogP) is 2.79. The summed E-state index contributed by atoms with van der Waals surface area (Å²) in [4.78, 5) is 11.9. The number of rotatable bonds is 4. The average molecular weight is 233 g/mol. The van der Waals surface area contributed by atoms with Crippen LogP contribution in [0.2, 0.25) is 0 Å². The molecule has 0 aromatic carbocycles. The lowest BCUT2D eigenvalue weighted by Gasteiger charge is -2.08. The minimum absolute atomic E-state index is 0.0671. The van der Waals surface area contributed by atoms with Crippen molar-refractivity contribution in [1.29, 1.82) is 0 Å². The molecule has 92 valence electrons. The number of hydrogen-bond acceptors (Lipinski definition) is 2. The Morgan fingerprint density at radius 2 is 2.29 bits per heavy atom. The Hall–Kier alpha value is -1.51. The standard InChI is InChI=1S/C14H19NO2/c1-4-5-11-8-13-12(6-7-15(13)9-11)14(16)17-10(2)3/h6,8-10H,4-5,7H2,1-3H3. The zero-order valence-corrected chi connectivity index (χ0v) is 10.7. The van der Waals surface area contributed by atoms with E-state index in [0.717, 1.165) is 25.1 Å². The third kappa shape index (κ3) is 2.43. The Morgan fingerprint density at radius 3 is 2.94 bits per heavy atom.